The Labute approximate surface area is 138 Å². The lowest BCUT2D eigenvalue weighted by molar-refractivity contribution is 0.101. The molecule has 1 N–H and O–H groups in total. The van der Waals surface area contributed by atoms with E-state index in [9.17, 15) is 4.79 Å². The molecule has 0 aliphatic carbocycles. The summed E-state index contributed by atoms with van der Waals surface area (Å²) in [5, 5.41) is 7.66. The Balaban J connectivity index is 1.85. The van der Waals surface area contributed by atoms with Crippen LogP contribution in [0.25, 0.3) is 5.69 Å². The maximum atomic E-state index is 12.3. The Bertz CT molecular complexity index is 855. The summed E-state index contributed by atoms with van der Waals surface area (Å²) in [6, 6.07) is 14.8. The van der Waals surface area contributed by atoms with Gasteiger partial charge in [0.05, 0.1) is 5.69 Å². The fraction of sp³-hybridized carbons (Fsp3) is 0.118. The second-order valence-electron chi connectivity index (χ2n) is 5.19. The van der Waals surface area contributed by atoms with E-state index in [0.29, 0.717) is 16.5 Å². The van der Waals surface area contributed by atoms with Crippen molar-refractivity contribution in [2.45, 2.75) is 13.8 Å². The van der Waals surface area contributed by atoms with Crippen molar-refractivity contribution in [2.24, 2.45) is 0 Å². The molecule has 0 aliphatic heterocycles. The van der Waals surface area contributed by atoms with E-state index in [1.807, 2.05) is 43.3 Å². The molecule has 0 radical (unpaired) electrons. The van der Waals surface area contributed by atoms with Gasteiger partial charge in [-0.3, -0.25) is 4.79 Å². The molecule has 23 heavy (non-hydrogen) atoms. The van der Waals surface area contributed by atoms with Gasteiger partial charge < -0.3 is 5.32 Å². The number of aromatic nitrogens is 3. The van der Waals surface area contributed by atoms with Crippen LogP contribution >= 0.6 is 11.6 Å². The van der Waals surface area contributed by atoms with E-state index in [1.54, 1.807) is 23.7 Å². The van der Waals surface area contributed by atoms with Gasteiger partial charge in [0.25, 0.3) is 5.91 Å². The summed E-state index contributed by atoms with van der Waals surface area (Å²) in [6.45, 7) is 3.78. The lowest BCUT2D eigenvalue weighted by atomic mass is 10.2. The molecule has 1 heterocycles. The fourth-order valence-corrected chi connectivity index (χ4v) is 2.35. The molecule has 6 heteroatoms. The van der Waals surface area contributed by atoms with Gasteiger partial charge in [0.1, 0.15) is 5.82 Å². The van der Waals surface area contributed by atoms with Crippen molar-refractivity contribution >= 4 is 23.2 Å². The Morgan fingerprint density at radius 1 is 1.13 bits per heavy atom. The molecule has 0 unspecified atom stereocenters. The van der Waals surface area contributed by atoms with Gasteiger partial charge in [0.2, 0.25) is 5.82 Å². The van der Waals surface area contributed by atoms with E-state index in [1.165, 1.54) is 0 Å². The summed E-state index contributed by atoms with van der Waals surface area (Å²) in [4.78, 5) is 16.5. The van der Waals surface area contributed by atoms with Crippen LogP contribution in [-0.2, 0) is 0 Å². The smallest absolute Gasteiger partial charge is 0.295 e. The third-order valence-corrected chi connectivity index (χ3v) is 3.57. The minimum absolute atomic E-state index is 0.114. The third kappa shape index (κ3) is 3.40. The van der Waals surface area contributed by atoms with E-state index >= 15 is 0 Å². The molecule has 3 rings (SSSR count). The maximum absolute atomic E-state index is 12.3. The number of nitrogens with one attached hydrogen (secondary N) is 1. The Morgan fingerprint density at radius 2 is 1.87 bits per heavy atom. The Morgan fingerprint density at radius 3 is 2.57 bits per heavy atom. The minimum Gasteiger partial charge on any atom is -0.319 e. The maximum Gasteiger partial charge on any atom is 0.295 e. The van der Waals surface area contributed by atoms with Gasteiger partial charge in [-0.1, -0.05) is 35.4 Å². The number of nitrogens with zero attached hydrogens (tertiary/aromatic N) is 3. The molecule has 0 atom stereocenters. The third-order valence-electron chi connectivity index (χ3n) is 3.33. The van der Waals surface area contributed by atoms with E-state index in [2.05, 4.69) is 15.4 Å². The SMILES string of the molecule is Cc1ccc(NC(=O)c2nc(C)n(-c3cccc(Cl)c3)n2)cc1. The number of aryl methyl sites for hydroxylation is 2. The average molecular weight is 327 g/mol. The van der Waals surface area contributed by atoms with Crippen molar-refractivity contribution in [1.29, 1.82) is 0 Å². The molecule has 0 aliphatic rings. The van der Waals surface area contributed by atoms with Crippen LogP contribution in [-0.4, -0.2) is 20.7 Å². The zero-order valence-corrected chi connectivity index (χ0v) is 13.5. The van der Waals surface area contributed by atoms with Crippen LogP contribution in [0.5, 0.6) is 0 Å². The number of amides is 1. The standard InChI is InChI=1S/C17H15ClN4O/c1-11-6-8-14(9-7-11)20-17(23)16-19-12(2)22(21-16)15-5-3-4-13(18)10-15/h3-10H,1-2H3,(H,20,23). The van der Waals surface area contributed by atoms with Crippen LogP contribution < -0.4 is 5.32 Å². The second kappa shape index (κ2) is 6.22. The van der Waals surface area contributed by atoms with Crippen LogP contribution in [0.1, 0.15) is 22.0 Å². The van der Waals surface area contributed by atoms with E-state index in [-0.39, 0.29) is 11.7 Å². The van der Waals surface area contributed by atoms with Gasteiger partial charge in [-0.15, -0.1) is 5.10 Å². The van der Waals surface area contributed by atoms with Crippen LogP contribution in [0.4, 0.5) is 5.69 Å². The van der Waals surface area contributed by atoms with Gasteiger partial charge in [-0.2, -0.15) is 0 Å². The molecule has 5 nitrogen and oxygen atoms in total. The average Bonchev–Trinajstić information content (AvgIpc) is 2.92. The van der Waals surface area contributed by atoms with Crippen LogP contribution in [0.3, 0.4) is 0 Å². The van der Waals surface area contributed by atoms with Crippen LogP contribution in [0.15, 0.2) is 48.5 Å². The molecule has 1 amide bonds. The quantitative estimate of drug-likeness (QED) is 0.796. The lowest BCUT2D eigenvalue weighted by Gasteiger charge is -2.03. The van der Waals surface area contributed by atoms with Crippen molar-refractivity contribution in [3.63, 3.8) is 0 Å². The minimum atomic E-state index is -0.349. The first-order valence-corrected chi connectivity index (χ1v) is 7.48. The summed E-state index contributed by atoms with van der Waals surface area (Å²) in [6.07, 6.45) is 0. The number of benzene rings is 2. The molecular weight excluding hydrogens is 312 g/mol. The first-order chi connectivity index (χ1) is 11.0. The topological polar surface area (TPSA) is 59.8 Å². The summed E-state index contributed by atoms with van der Waals surface area (Å²) in [7, 11) is 0. The van der Waals surface area contributed by atoms with Gasteiger partial charge in [0.15, 0.2) is 0 Å². The number of hydrogen-bond donors (Lipinski definition) is 1. The molecule has 116 valence electrons. The summed E-state index contributed by atoms with van der Waals surface area (Å²) < 4.78 is 1.59. The lowest BCUT2D eigenvalue weighted by Crippen LogP contribution is -2.14. The fourth-order valence-electron chi connectivity index (χ4n) is 2.16. The highest BCUT2D eigenvalue weighted by Crippen LogP contribution is 2.16. The number of halogens is 1. The predicted octanol–water partition coefficient (Wildman–Crippen LogP) is 3.79. The number of rotatable bonds is 3. The van der Waals surface area contributed by atoms with Crippen molar-refractivity contribution in [3.8, 4) is 5.69 Å². The van der Waals surface area contributed by atoms with Crippen molar-refractivity contribution in [3.05, 3.63) is 70.8 Å². The van der Waals surface area contributed by atoms with Crippen molar-refractivity contribution in [1.82, 2.24) is 14.8 Å². The molecule has 0 bridgehead atoms. The summed E-state index contributed by atoms with van der Waals surface area (Å²) in [5.74, 6) is 0.377. The van der Waals surface area contributed by atoms with Gasteiger partial charge in [-0.05, 0) is 44.2 Å². The largest absolute Gasteiger partial charge is 0.319 e. The zero-order valence-electron chi connectivity index (χ0n) is 12.7. The van der Waals surface area contributed by atoms with E-state index < -0.39 is 0 Å². The molecule has 0 spiro atoms. The first-order valence-electron chi connectivity index (χ1n) is 7.10. The number of carbonyl (C=O) groups excluding carboxylic acids is 1. The Hall–Kier alpha value is -2.66. The molecule has 0 fully saturated rings. The molecule has 2 aromatic carbocycles. The van der Waals surface area contributed by atoms with Gasteiger partial charge in [-0.25, -0.2) is 9.67 Å². The molecule has 0 saturated heterocycles. The molecule has 3 aromatic rings. The monoisotopic (exact) mass is 326 g/mol. The van der Waals surface area contributed by atoms with Crippen LogP contribution in [0.2, 0.25) is 5.02 Å². The highest BCUT2D eigenvalue weighted by molar-refractivity contribution is 6.30. The predicted molar refractivity (Wildman–Crippen MR) is 90.2 cm³/mol. The second-order valence-corrected chi connectivity index (χ2v) is 5.63. The zero-order chi connectivity index (χ0) is 16.4. The summed E-state index contributed by atoms with van der Waals surface area (Å²) in [5.41, 5.74) is 2.59. The van der Waals surface area contributed by atoms with Crippen molar-refractivity contribution in [2.75, 3.05) is 5.32 Å². The van der Waals surface area contributed by atoms with Gasteiger partial charge >= 0.3 is 0 Å². The summed E-state index contributed by atoms with van der Waals surface area (Å²) >= 11 is 6.00. The molecule has 1 aromatic heterocycles. The number of hydrogen-bond acceptors (Lipinski definition) is 3. The van der Waals surface area contributed by atoms with Crippen molar-refractivity contribution < 1.29 is 4.79 Å². The number of anilines is 1. The highest BCUT2D eigenvalue weighted by atomic mass is 35.5. The Kier molecular flexibility index (Phi) is 4.12. The van der Waals surface area contributed by atoms with Crippen LogP contribution in [0, 0.1) is 13.8 Å². The van der Waals surface area contributed by atoms with E-state index in [0.717, 1.165) is 11.3 Å². The number of carbonyl (C=O) groups is 1. The molecule has 0 saturated carbocycles. The van der Waals surface area contributed by atoms with Gasteiger partial charge in [0, 0.05) is 10.7 Å². The molecular formula is C17H15ClN4O. The first kappa shape index (κ1) is 15.2. The highest BCUT2D eigenvalue weighted by Gasteiger charge is 2.15. The normalized spacial score (nSPS) is 10.6. The van der Waals surface area contributed by atoms with E-state index in [4.69, 9.17) is 11.6 Å².